The van der Waals surface area contributed by atoms with Gasteiger partial charge in [0.2, 0.25) is 0 Å². The first-order valence-corrected chi connectivity index (χ1v) is 5.76. The van der Waals surface area contributed by atoms with Gasteiger partial charge in [-0.25, -0.2) is 0 Å². The van der Waals surface area contributed by atoms with Crippen LogP contribution in [0.2, 0.25) is 0 Å². The molecular formula is C12H19N3O. The molecule has 0 radical (unpaired) electrons. The van der Waals surface area contributed by atoms with Crippen LogP contribution in [-0.2, 0) is 4.74 Å². The van der Waals surface area contributed by atoms with Crippen LogP contribution in [0.1, 0.15) is 32.4 Å². The van der Waals surface area contributed by atoms with Gasteiger partial charge in [0.25, 0.3) is 0 Å². The van der Waals surface area contributed by atoms with Crippen molar-refractivity contribution in [2.45, 2.75) is 45.3 Å². The average Bonchev–Trinajstić information content (AvgIpc) is 2.20. The quantitative estimate of drug-likeness (QED) is 0.831. The summed E-state index contributed by atoms with van der Waals surface area (Å²) < 4.78 is 5.68. The number of ether oxygens (including phenoxy) is 1. The zero-order valence-electron chi connectivity index (χ0n) is 10.2. The van der Waals surface area contributed by atoms with Gasteiger partial charge in [0, 0.05) is 12.6 Å². The van der Waals surface area contributed by atoms with E-state index in [4.69, 9.17) is 4.74 Å². The molecule has 0 aliphatic carbocycles. The van der Waals surface area contributed by atoms with E-state index in [9.17, 15) is 0 Å². The van der Waals surface area contributed by atoms with Crippen molar-refractivity contribution in [1.82, 2.24) is 10.2 Å². The number of rotatable bonds is 2. The molecule has 88 valence electrons. The Balaban J connectivity index is 1.97. The summed E-state index contributed by atoms with van der Waals surface area (Å²) in [6, 6.07) is 4.38. The third-order valence-corrected chi connectivity index (χ3v) is 2.85. The van der Waals surface area contributed by atoms with E-state index in [1.54, 1.807) is 0 Å². The molecule has 1 N–H and O–H groups in total. The van der Waals surface area contributed by atoms with Crippen LogP contribution < -0.4 is 5.32 Å². The Hall–Kier alpha value is -1.16. The fourth-order valence-electron chi connectivity index (χ4n) is 2.04. The number of nitrogens with zero attached hydrogens (tertiary/aromatic N) is 2. The Morgan fingerprint density at radius 3 is 2.81 bits per heavy atom. The molecule has 1 atom stereocenters. The van der Waals surface area contributed by atoms with E-state index in [1.165, 1.54) is 0 Å². The Morgan fingerprint density at radius 1 is 1.38 bits per heavy atom. The van der Waals surface area contributed by atoms with Crippen LogP contribution in [-0.4, -0.2) is 28.4 Å². The Bertz CT molecular complexity index is 348. The van der Waals surface area contributed by atoms with Gasteiger partial charge in [0.05, 0.1) is 11.3 Å². The van der Waals surface area contributed by atoms with E-state index in [1.807, 2.05) is 19.1 Å². The first-order valence-electron chi connectivity index (χ1n) is 5.76. The zero-order valence-corrected chi connectivity index (χ0v) is 10.2. The van der Waals surface area contributed by atoms with Crippen molar-refractivity contribution in [1.29, 1.82) is 0 Å². The van der Waals surface area contributed by atoms with Gasteiger partial charge in [-0.3, -0.25) is 0 Å². The van der Waals surface area contributed by atoms with E-state index in [-0.39, 0.29) is 5.60 Å². The Labute approximate surface area is 96.4 Å². The summed E-state index contributed by atoms with van der Waals surface area (Å²) in [5.74, 6) is 0.855. The molecule has 0 saturated carbocycles. The molecule has 4 nitrogen and oxygen atoms in total. The monoisotopic (exact) mass is 221 g/mol. The number of nitrogens with one attached hydrogen (secondary N) is 1. The summed E-state index contributed by atoms with van der Waals surface area (Å²) in [6.45, 7) is 7.00. The van der Waals surface area contributed by atoms with Crippen LogP contribution in [0, 0.1) is 6.92 Å². The Kier molecular flexibility index (Phi) is 3.10. The van der Waals surface area contributed by atoms with Crippen molar-refractivity contribution in [2.24, 2.45) is 0 Å². The molecule has 0 bridgehead atoms. The van der Waals surface area contributed by atoms with Crippen molar-refractivity contribution in [3.63, 3.8) is 0 Å². The predicted molar refractivity (Wildman–Crippen MR) is 63.4 cm³/mol. The van der Waals surface area contributed by atoms with Crippen LogP contribution in [0.4, 0.5) is 5.82 Å². The normalized spacial score (nSPS) is 24.1. The highest BCUT2D eigenvalue weighted by Crippen LogP contribution is 2.25. The summed E-state index contributed by atoms with van der Waals surface area (Å²) >= 11 is 0. The molecule has 1 aliphatic heterocycles. The number of aromatic nitrogens is 2. The SMILES string of the molecule is Cc1ccc(NC2CCOC(C)(C)C2)nn1. The first-order chi connectivity index (χ1) is 7.55. The molecule has 0 amide bonds. The van der Waals surface area contributed by atoms with Crippen molar-refractivity contribution in [2.75, 3.05) is 11.9 Å². The molecule has 1 unspecified atom stereocenters. The van der Waals surface area contributed by atoms with Crippen molar-refractivity contribution in [3.8, 4) is 0 Å². The minimum Gasteiger partial charge on any atom is -0.375 e. The largest absolute Gasteiger partial charge is 0.375 e. The van der Waals surface area contributed by atoms with Crippen LogP contribution in [0.5, 0.6) is 0 Å². The van der Waals surface area contributed by atoms with Gasteiger partial charge in [0.15, 0.2) is 0 Å². The van der Waals surface area contributed by atoms with E-state index in [2.05, 4.69) is 29.4 Å². The van der Waals surface area contributed by atoms with Gasteiger partial charge in [-0.2, -0.15) is 5.10 Å². The van der Waals surface area contributed by atoms with Crippen LogP contribution in [0.15, 0.2) is 12.1 Å². The molecule has 16 heavy (non-hydrogen) atoms. The lowest BCUT2D eigenvalue weighted by molar-refractivity contribution is -0.0553. The molecule has 1 aromatic rings. The number of aryl methyl sites for hydroxylation is 1. The third-order valence-electron chi connectivity index (χ3n) is 2.85. The zero-order chi connectivity index (χ0) is 11.6. The molecule has 0 aromatic carbocycles. The van der Waals surface area contributed by atoms with Gasteiger partial charge >= 0.3 is 0 Å². The predicted octanol–water partition coefficient (Wildman–Crippen LogP) is 2.15. The average molecular weight is 221 g/mol. The maximum absolute atomic E-state index is 5.68. The van der Waals surface area contributed by atoms with E-state index in [0.29, 0.717) is 6.04 Å². The lowest BCUT2D eigenvalue weighted by atomic mass is 9.94. The molecule has 0 spiro atoms. The molecule has 2 rings (SSSR count). The second-order valence-electron chi connectivity index (χ2n) is 5.00. The molecular weight excluding hydrogens is 202 g/mol. The van der Waals surface area contributed by atoms with E-state index >= 15 is 0 Å². The van der Waals surface area contributed by atoms with Gasteiger partial charge < -0.3 is 10.1 Å². The van der Waals surface area contributed by atoms with Crippen molar-refractivity contribution >= 4 is 5.82 Å². The summed E-state index contributed by atoms with van der Waals surface area (Å²) in [5.41, 5.74) is 0.909. The maximum Gasteiger partial charge on any atom is 0.148 e. The molecule has 1 saturated heterocycles. The van der Waals surface area contributed by atoms with E-state index in [0.717, 1.165) is 31.0 Å². The van der Waals surface area contributed by atoms with Crippen LogP contribution >= 0.6 is 0 Å². The highest BCUT2D eigenvalue weighted by atomic mass is 16.5. The summed E-state index contributed by atoms with van der Waals surface area (Å²) in [6.07, 6.45) is 2.03. The minimum atomic E-state index is -0.0337. The fourth-order valence-corrected chi connectivity index (χ4v) is 2.04. The summed E-state index contributed by atoms with van der Waals surface area (Å²) in [4.78, 5) is 0. The van der Waals surface area contributed by atoms with E-state index < -0.39 is 0 Å². The molecule has 1 aliphatic rings. The van der Waals surface area contributed by atoms with Crippen LogP contribution in [0.25, 0.3) is 0 Å². The molecule has 2 heterocycles. The maximum atomic E-state index is 5.68. The van der Waals surface area contributed by atoms with Crippen molar-refractivity contribution in [3.05, 3.63) is 17.8 Å². The highest BCUT2D eigenvalue weighted by molar-refractivity contribution is 5.34. The standard InChI is InChI=1S/C12H19N3O/c1-9-4-5-11(15-14-9)13-10-6-7-16-12(2,3)8-10/h4-5,10H,6-8H2,1-3H3,(H,13,15). The third kappa shape index (κ3) is 2.92. The number of anilines is 1. The lowest BCUT2D eigenvalue weighted by Crippen LogP contribution is -2.40. The second kappa shape index (κ2) is 4.37. The van der Waals surface area contributed by atoms with Gasteiger partial charge in [0.1, 0.15) is 5.82 Å². The van der Waals surface area contributed by atoms with Gasteiger partial charge in [-0.1, -0.05) is 0 Å². The lowest BCUT2D eigenvalue weighted by Gasteiger charge is -2.35. The molecule has 1 fully saturated rings. The molecule has 4 heteroatoms. The van der Waals surface area contributed by atoms with Gasteiger partial charge in [-0.05, 0) is 45.7 Å². The Morgan fingerprint density at radius 2 is 2.19 bits per heavy atom. The highest BCUT2D eigenvalue weighted by Gasteiger charge is 2.28. The van der Waals surface area contributed by atoms with Gasteiger partial charge in [-0.15, -0.1) is 5.10 Å². The molecule has 1 aromatic heterocycles. The topological polar surface area (TPSA) is 47.0 Å². The summed E-state index contributed by atoms with van der Waals surface area (Å²) in [7, 11) is 0. The smallest absolute Gasteiger partial charge is 0.148 e. The van der Waals surface area contributed by atoms with Crippen molar-refractivity contribution < 1.29 is 4.74 Å². The fraction of sp³-hybridized carbons (Fsp3) is 0.667. The van der Waals surface area contributed by atoms with Crippen LogP contribution in [0.3, 0.4) is 0 Å². The first kappa shape index (κ1) is 11.3. The second-order valence-corrected chi connectivity index (χ2v) is 5.00. The number of hydrogen-bond donors (Lipinski definition) is 1. The summed E-state index contributed by atoms with van der Waals surface area (Å²) in [5, 5.41) is 11.6. The minimum absolute atomic E-state index is 0.0337. The number of hydrogen-bond acceptors (Lipinski definition) is 4.